The van der Waals surface area contributed by atoms with Crippen molar-refractivity contribution in [3.05, 3.63) is 282 Å². The zero-order valence-electron chi connectivity index (χ0n) is 43.2. The van der Waals surface area contributed by atoms with Gasteiger partial charge in [-0.3, -0.25) is 9.97 Å². The van der Waals surface area contributed by atoms with Crippen LogP contribution in [0.25, 0.3) is 116 Å². The summed E-state index contributed by atoms with van der Waals surface area (Å²) in [7, 11) is 0. The predicted octanol–water partition coefficient (Wildman–Crippen LogP) is 17.7. The Hall–Kier alpha value is -10.8. The monoisotopic (exact) mass is 1050 g/mol. The van der Waals surface area contributed by atoms with Gasteiger partial charge in [-0.2, -0.15) is 10.5 Å². The molecule has 0 fully saturated rings. The van der Waals surface area contributed by atoms with Crippen molar-refractivity contribution in [2.45, 2.75) is 15.2 Å². The van der Waals surface area contributed by atoms with E-state index in [9.17, 15) is 10.5 Å². The molecule has 0 unspecified atom stereocenters. The Labute approximate surface area is 469 Å². The van der Waals surface area contributed by atoms with Crippen molar-refractivity contribution >= 4 is 77.2 Å². The first-order chi connectivity index (χ1) is 40.0. The summed E-state index contributed by atoms with van der Waals surface area (Å²) in [5.74, 6) is 0. The lowest BCUT2D eigenvalue weighted by Crippen LogP contribution is -2.32. The third-order valence-corrected chi connectivity index (χ3v) is 18.2. The molecule has 1 spiro atoms. The van der Waals surface area contributed by atoms with Crippen LogP contribution in [0.4, 0.5) is 0 Å². The molecule has 0 N–H and O–H groups in total. The van der Waals surface area contributed by atoms with Crippen LogP contribution in [-0.2, 0) is 5.41 Å². The molecular weight excluding hydrogens is 1010 g/mol. The van der Waals surface area contributed by atoms with Crippen LogP contribution < -0.4 is 0 Å². The summed E-state index contributed by atoms with van der Waals surface area (Å²) in [6.45, 7) is 0. The van der Waals surface area contributed by atoms with Crippen molar-refractivity contribution in [1.29, 1.82) is 10.5 Å². The number of fused-ring (bicyclic) bond motifs is 18. The zero-order chi connectivity index (χ0) is 53.5. The fourth-order valence-corrected chi connectivity index (χ4v) is 14.8. The van der Waals surface area contributed by atoms with Gasteiger partial charge in [-0.15, -0.1) is 0 Å². The first kappa shape index (κ1) is 45.3. The first-order valence-electron chi connectivity index (χ1n) is 27.1. The highest BCUT2D eigenvalue weighted by molar-refractivity contribution is 7.99. The van der Waals surface area contributed by atoms with Crippen LogP contribution in [0.1, 0.15) is 33.4 Å². The van der Waals surface area contributed by atoms with E-state index in [4.69, 9.17) is 9.97 Å². The fourth-order valence-electron chi connectivity index (χ4n) is 13.6. The van der Waals surface area contributed by atoms with E-state index in [1.807, 2.05) is 54.5 Å². The van der Waals surface area contributed by atoms with E-state index in [1.165, 1.54) is 42.7 Å². The molecule has 10 aromatic carbocycles. The van der Waals surface area contributed by atoms with E-state index in [0.717, 1.165) is 105 Å². The number of rotatable bonds is 5. The highest BCUT2D eigenvalue weighted by atomic mass is 32.2. The predicted molar refractivity (Wildman–Crippen MR) is 327 cm³/mol. The maximum Gasteiger partial charge on any atom is 0.0991 e. The van der Waals surface area contributed by atoms with Gasteiger partial charge in [0.1, 0.15) is 0 Å². The lowest BCUT2D eigenvalue weighted by Gasteiger charge is -2.39. The average molecular weight is 1050 g/mol. The summed E-state index contributed by atoms with van der Waals surface area (Å²) < 4.78 is 6.96. The van der Waals surface area contributed by atoms with Crippen molar-refractivity contribution in [2.24, 2.45) is 0 Å². The number of nitrogens with zero attached hydrogens (tertiary/aromatic N) is 7. The molecule has 1 aliphatic heterocycles. The molecular formula is C73H41N7S. The maximum absolute atomic E-state index is 10.2. The first-order valence-corrected chi connectivity index (χ1v) is 27.9. The Morgan fingerprint density at radius 3 is 1.30 bits per heavy atom. The van der Waals surface area contributed by atoms with Gasteiger partial charge < -0.3 is 13.7 Å². The molecule has 2 aliphatic rings. The van der Waals surface area contributed by atoms with Gasteiger partial charge in [-0.05, 0) is 184 Å². The van der Waals surface area contributed by atoms with Crippen molar-refractivity contribution in [2.75, 3.05) is 0 Å². The number of hydrogen-bond acceptors (Lipinski definition) is 5. The molecule has 0 saturated heterocycles. The van der Waals surface area contributed by atoms with E-state index in [-0.39, 0.29) is 0 Å². The Morgan fingerprint density at radius 1 is 0.321 bits per heavy atom. The van der Waals surface area contributed by atoms with Crippen LogP contribution in [0.5, 0.6) is 0 Å². The van der Waals surface area contributed by atoms with E-state index in [2.05, 4.69) is 232 Å². The third kappa shape index (κ3) is 6.39. The number of para-hydroxylation sites is 3. The Kier molecular flexibility index (Phi) is 9.56. The quantitative estimate of drug-likeness (QED) is 0.171. The second-order valence-corrected chi connectivity index (χ2v) is 22.2. The molecule has 0 atom stereocenters. The molecule has 8 heteroatoms. The SMILES string of the molecule is N#Cc1ccc2c(c1)c1cc(-c3ccc4c(c3)Sc3ccc(-c5ccc6c(c5)c5cc(C#N)ccc5n6-c5ccc(-n6c7ccccc7c7ccccc76)cc5)cc3C43c4cccnc4-c4ncccc43)ccc1n2-c1ccccc1. The molecule has 17 rings (SSSR count). The van der Waals surface area contributed by atoms with E-state index in [0.29, 0.717) is 11.1 Å². The van der Waals surface area contributed by atoms with Gasteiger partial charge in [0.2, 0.25) is 0 Å². The van der Waals surface area contributed by atoms with Gasteiger partial charge in [0.05, 0.1) is 73.2 Å². The average Bonchev–Trinajstić information content (AvgIpc) is 4.05. The van der Waals surface area contributed by atoms with Gasteiger partial charge in [0, 0.05) is 71.6 Å². The van der Waals surface area contributed by atoms with Crippen LogP contribution in [0.15, 0.2) is 259 Å². The molecule has 374 valence electrons. The maximum atomic E-state index is 10.2. The summed E-state index contributed by atoms with van der Waals surface area (Å²) in [4.78, 5) is 12.5. The number of pyridine rings is 2. The van der Waals surface area contributed by atoms with E-state index < -0.39 is 5.41 Å². The zero-order valence-corrected chi connectivity index (χ0v) is 44.0. The van der Waals surface area contributed by atoms with Crippen LogP contribution in [0.3, 0.4) is 0 Å². The second kappa shape index (κ2) is 17.1. The van der Waals surface area contributed by atoms with Crippen LogP contribution in [-0.4, -0.2) is 23.7 Å². The lowest BCUT2D eigenvalue weighted by molar-refractivity contribution is 0.720. The van der Waals surface area contributed by atoms with Gasteiger partial charge in [-0.25, -0.2) is 0 Å². The molecule has 81 heavy (non-hydrogen) atoms. The summed E-state index contributed by atoms with van der Waals surface area (Å²) in [5.41, 5.74) is 21.1. The summed E-state index contributed by atoms with van der Waals surface area (Å²) in [5, 5.41) is 26.9. The van der Waals surface area contributed by atoms with E-state index >= 15 is 0 Å². The Morgan fingerprint density at radius 2 is 0.753 bits per heavy atom. The molecule has 15 aromatic rings. The summed E-state index contributed by atoms with van der Waals surface area (Å²) in [6.07, 6.45) is 3.76. The van der Waals surface area contributed by atoms with Crippen molar-refractivity contribution in [3.63, 3.8) is 0 Å². The standard InChI is InChI=1S/C73H41N7S/c74-42-44-18-29-65-55(36-44)58-39-47(22-32-67(58)78(65)50-10-2-1-3-11-50)49-20-28-59-70(41-49)81-69-33-23-48(40-62(69)73(59)60-14-8-34-76-71(60)72-61(73)15-9-35-77-72)46-21-31-68-57(38-46)56-37-45(43-75)19-30-66(56)80(68)52-26-24-51(25-27-52)79-63-16-6-4-12-53(63)54-13-5-7-17-64(54)79/h1-41H. The van der Waals surface area contributed by atoms with Gasteiger partial charge in [-0.1, -0.05) is 109 Å². The number of hydrogen-bond donors (Lipinski definition) is 0. The molecule has 5 aromatic heterocycles. The third-order valence-electron chi connectivity index (χ3n) is 17.1. The van der Waals surface area contributed by atoms with Crippen LogP contribution >= 0.6 is 11.8 Å². The van der Waals surface area contributed by atoms with Crippen molar-refractivity contribution < 1.29 is 0 Å². The highest BCUT2D eigenvalue weighted by Crippen LogP contribution is 2.62. The van der Waals surface area contributed by atoms with Gasteiger partial charge in [0.15, 0.2) is 0 Å². The van der Waals surface area contributed by atoms with Crippen LogP contribution in [0, 0.1) is 22.7 Å². The second-order valence-electron chi connectivity index (χ2n) is 21.1. The molecule has 0 bridgehead atoms. The van der Waals surface area contributed by atoms with Gasteiger partial charge >= 0.3 is 0 Å². The lowest BCUT2D eigenvalue weighted by atomic mass is 9.67. The fraction of sp³-hybridized carbons (Fsp3) is 0.0137. The van der Waals surface area contributed by atoms with E-state index in [1.54, 1.807) is 0 Å². The van der Waals surface area contributed by atoms with Gasteiger partial charge in [0.25, 0.3) is 0 Å². The Balaban J connectivity index is 0.810. The number of nitriles is 2. The minimum atomic E-state index is -0.717. The molecule has 1 aliphatic carbocycles. The minimum Gasteiger partial charge on any atom is -0.309 e. The highest BCUT2D eigenvalue weighted by Gasteiger charge is 2.51. The summed E-state index contributed by atoms with van der Waals surface area (Å²) in [6, 6.07) is 89.4. The van der Waals surface area contributed by atoms with Crippen LogP contribution in [0.2, 0.25) is 0 Å². The molecule has 0 radical (unpaired) electrons. The largest absolute Gasteiger partial charge is 0.309 e. The molecule has 0 amide bonds. The van der Waals surface area contributed by atoms with Crippen molar-refractivity contribution in [1.82, 2.24) is 23.7 Å². The Bertz CT molecular complexity index is 5200. The topological polar surface area (TPSA) is 88.2 Å². The minimum absolute atomic E-state index is 0.620. The molecule has 0 saturated carbocycles. The van der Waals surface area contributed by atoms with Crippen molar-refractivity contribution in [3.8, 4) is 62.8 Å². The normalized spacial score (nSPS) is 13.0. The summed E-state index contributed by atoms with van der Waals surface area (Å²) >= 11 is 1.81. The smallest absolute Gasteiger partial charge is 0.0991 e. The number of aromatic nitrogens is 5. The number of benzene rings is 10. The molecule has 7 nitrogen and oxygen atoms in total. The molecule has 6 heterocycles.